The zero-order chi connectivity index (χ0) is 13.0. The lowest BCUT2D eigenvalue weighted by molar-refractivity contribution is -0.137. The highest BCUT2D eigenvalue weighted by Crippen LogP contribution is 2.24. The van der Waals surface area contributed by atoms with E-state index >= 15 is 0 Å². The molecular weight excluding hydrogens is 306 g/mol. The SMILES string of the molecule is CC(C)N(CCC(=O)O)C(=O)c1ccc(Br)s1. The van der Waals surface area contributed by atoms with Crippen LogP contribution >= 0.6 is 27.3 Å². The van der Waals surface area contributed by atoms with Gasteiger partial charge in [-0.05, 0) is 41.9 Å². The molecule has 0 fully saturated rings. The first-order valence-corrected chi connectivity index (χ1v) is 6.81. The second-order valence-electron chi connectivity index (χ2n) is 3.84. The number of amides is 1. The van der Waals surface area contributed by atoms with Gasteiger partial charge in [0.15, 0.2) is 0 Å². The molecule has 0 saturated heterocycles. The van der Waals surface area contributed by atoms with E-state index in [9.17, 15) is 9.59 Å². The summed E-state index contributed by atoms with van der Waals surface area (Å²) in [5.41, 5.74) is 0. The van der Waals surface area contributed by atoms with Gasteiger partial charge in [-0.25, -0.2) is 0 Å². The van der Waals surface area contributed by atoms with E-state index < -0.39 is 5.97 Å². The molecule has 17 heavy (non-hydrogen) atoms. The van der Waals surface area contributed by atoms with Crippen LogP contribution < -0.4 is 0 Å². The topological polar surface area (TPSA) is 57.6 Å². The van der Waals surface area contributed by atoms with Crippen molar-refractivity contribution in [3.8, 4) is 0 Å². The number of carbonyl (C=O) groups excluding carboxylic acids is 1. The first kappa shape index (κ1) is 14.2. The molecule has 94 valence electrons. The van der Waals surface area contributed by atoms with E-state index in [2.05, 4.69) is 15.9 Å². The van der Waals surface area contributed by atoms with E-state index in [1.165, 1.54) is 11.3 Å². The largest absolute Gasteiger partial charge is 0.481 e. The van der Waals surface area contributed by atoms with Gasteiger partial charge >= 0.3 is 5.97 Å². The van der Waals surface area contributed by atoms with Crippen molar-refractivity contribution >= 4 is 39.1 Å². The Morgan fingerprint density at radius 1 is 1.47 bits per heavy atom. The number of hydrogen-bond acceptors (Lipinski definition) is 3. The predicted molar refractivity (Wildman–Crippen MR) is 70.4 cm³/mol. The van der Waals surface area contributed by atoms with Crippen molar-refractivity contribution in [2.75, 3.05) is 6.54 Å². The van der Waals surface area contributed by atoms with Gasteiger partial charge in [-0.15, -0.1) is 11.3 Å². The number of aliphatic carboxylic acids is 1. The molecule has 1 heterocycles. The van der Waals surface area contributed by atoms with Crippen molar-refractivity contribution in [3.05, 3.63) is 20.8 Å². The quantitative estimate of drug-likeness (QED) is 0.907. The molecule has 6 heteroatoms. The Bertz CT molecular complexity index is 417. The highest BCUT2D eigenvalue weighted by atomic mass is 79.9. The van der Waals surface area contributed by atoms with Crippen LogP contribution in [0, 0.1) is 0 Å². The molecule has 0 radical (unpaired) electrons. The minimum Gasteiger partial charge on any atom is -0.481 e. The fourth-order valence-electron chi connectivity index (χ4n) is 1.38. The molecule has 1 N–H and O–H groups in total. The average Bonchev–Trinajstić information content (AvgIpc) is 2.63. The fourth-order valence-corrected chi connectivity index (χ4v) is 2.72. The highest BCUT2D eigenvalue weighted by molar-refractivity contribution is 9.11. The van der Waals surface area contributed by atoms with Crippen LogP contribution in [0.3, 0.4) is 0 Å². The Kier molecular flexibility index (Phi) is 5.14. The van der Waals surface area contributed by atoms with Crippen LogP contribution in [0.5, 0.6) is 0 Å². The van der Waals surface area contributed by atoms with Gasteiger partial charge in [0.2, 0.25) is 0 Å². The third-order valence-corrected chi connectivity index (χ3v) is 3.85. The molecule has 0 aliphatic heterocycles. The van der Waals surface area contributed by atoms with Crippen LogP contribution in [0.4, 0.5) is 0 Å². The number of thiophene rings is 1. The predicted octanol–water partition coefficient (Wildman–Crippen LogP) is 2.84. The maximum Gasteiger partial charge on any atom is 0.305 e. The van der Waals surface area contributed by atoms with Crippen molar-refractivity contribution < 1.29 is 14.7 Å². The lowest BCUT2D eigenvalue weighted by atomic mass is 10.2. The zero-order valence-corrected chi connectivity index (χ0v) is 12.0. The van der Waals surface area contributed by atoms with Crippen LogP contribution in [-0.4, -0.2) is 34.5 Å². The standard InChI is InChI=1S/C11H14BrNO3S/c1-7(2)13(6-5-10(14)15)11(16)8-3-4-9(12)17-8/h3-4,7H,5-6H2,1-2H3,(H,14,15). The van der Waals surface area contributed by atoms with Crippen molar-refractivity contribution in [2.24, 2.45) is 0 Å². The second-order valence-corrected chi connectivity index (χ2v) is 6.30. The maximum absolute atomic E-state index is 12.1. The molecular formula is C11H14BrNO3S. The Morgan fingerprint density at radius 2 is 2.12 bits per heavy atom. The molecule has 0 spiro atoms. The monoisotopic (exact) mass is 319 g/mol. The molecule has 0 aromatic carbocycles. The summed E-state index contributed by atoms with van der Waals surface area (Å²) in [7, 11) is 0. The molecule has 4 nitrogen and oxygen atoms in total. The van der Waals surface area contributed by atoms with Gasteiger partial charge < -0.3 is 10.0 Å². The van der Waals surface area contributed by atoms with Crippen molar-refractivity contribution in [1.29, 1.82) is 0 Å². The fraction of sp³-hybridized carbons (Fsp3) is 0.455. The minimum absolute atomic E-state index is 0.0114. The number of carbonyl (C=O) groups is 2. The summed E-state index contributed by atoms with van der Waals surface area (Å²) in [6.07, 6.45) is -0.0313. The van der Waals surface area contributed by atoms with Gasteiger partial charge in [-0.2, -0.15) is 0 Å². The molecule has 1 aromatic rings. The van der Waals surface area contributed by atoms with Crippen molar-refractivity contribution in [2.45, 2.75) is 26.3 Å². The minimum atomic E-state index is -0.893. The van der Waals surface area contributed by atoms with Crippen LogP contribution in [0.2, 0.25) is 0 Å². The molecule has 0 bridgehead atoms. The normalized spacial score (nSPS) is 10.6. The van der Waals surface area contributed by atoms with E-state index in [0.29, 0.717) is 4.88 Å². The Morgan fingerprint density at radius 3 is 2.53 bits per heavy atom. The molecule has 1 amide bonds. The molecule has 0 atom stereocenters. The van der Waals surface area contributed by atoms with E-state index in [1.54, 1.807) is 11.0 Å². The molecule has 0 aliphatic carbocycles. The summed E-state index contributed by atoms with van der Waals surface area (Å²) >= 11 is 4.66. The molecule has 0 unspecified atom stereocenters. The molecule has 0 aliphatic rings. The third kappa shape index (κ3) is 4.12. The van der Waals surface area contributed by atoms with Gasteiger partial charge in [0.25, 0.3) is 5.91 Å². The summed E-state index contributed by atoms with van der Waals surface area (Å²) in [6, 6.07) is 3.55. The van der Waals surface area contributed by atoms with Gasteiger partial charge in [0.05, 0.1) is 15.1 Å². The summed E-state index contributed by atoms with van der Waals surface area (Å²) < 4.78 is 0.891. The third-order valence-electron chi connectivity index (χ3n) is 2.23. The number of rotatable bonds is 5. The average molecular weight is 320 g/mol. The van der Waals surface area contributed by atoms with Gasteiger partial charge in [0, 0.05) is 12.6 Å². The smallest absolute Gasteiger partial charge is 0.305 e. The van der Waals surface area contributed by atoms with Crippen LogP contribution in [0.25, 0.3) is 0 Å². The highest BCUT2D eigenvalue weighted by Gasteiger charge is 2.20. The lowest BCUT2D eigenvalue weighted by Crippen LogP contribution is -2.38. The Hall–Kier alpha value is -0.880. The maximum atomic E-state index is 12.1. The number of carboxylic acids is 1. The van der Waals surface area contributed by atoms with E-state index in [1.807, 2.05) is 19.9 Å². The summed E-state index contributed by atoms with van der Waals surface area (Å²) in [5, 5.41) is 8.66. The zero-order valence-electron chi connectivity index (χ0n) is 9.64. The number of hydrogen-bond donors (Lipinski definition) is 1. The van der Waals surface area contributed by atoms with E-state index in [-0.39, 0.29) is 24.9 Å². The number of nitrogens with zero attached hydrogens (tertiary/aromatic N) is 1. The van der Waals surface area contributed by atoms with Gasteiger partial charge in [0.1, 0.15) is 0 Å². The van der Waals surface area contributed by atoms with Crippen LogP contribution in [0.15, 0.2) is 15.9 Å². The van der Waals surface area contributed by atoms with Crippen LogP contribution in [-0.2, 0) is 4.79 Å². The molecule has 1 rings (SSSR count). The van der Waals surface area contributed by atoms with E-state index in [4.69, 9.17) is 5.11 Å². The molecule has 0 saturated carbocycles. The second kappa shape index (κ2) is 6.16. The van der Waals surface area contributed by atoms with Crippen molar-refractivity contribution in [3.63, 3.8) is 0 Å². The number of carboxylic acid groups (broad SMARTS) is 1. The Labute approximate surface area is 112 Å². The first-order chi connectivity index (χ1) is 7.91. The summed E-state index contributed by atoms with van der Waals surface area (Å²) in [6.45, 7) is 3.99. The number of halogens is 1. The van der Waals surface area contributed by atoms with Crippen molar-refractivity contribution in [1.82, 2.24) is 4.90 Å². The van der Waals surface area contributed by atoms with E-state index in [0.717, 1.165) is 3.79 Å². The lowest BCUT2D eigenvalue weighted by Gasteiger charge is -2.25. The summed E-state index contributed by atoms with van der Waals surface area (Å²) in [4.78, 5) is 24.9. The first-order valence-electron chi connectivity index (χ1n) is 5.20. The van der Waals surface area contributed by atoms with Gasteiger partial charge in [-0.1, -0.05) is 0 Å². The Balaban J connectivity index is 2.77. The molecule has 1 aromatic heterocycles. The summed E-state index contributed by atoms with van der Waals surface area (Å²) in [5.74, 6) is -1.01. The van der Waals surface area contributed by atoms with Crippen LogP contribution in [0.1, 0.15) is 29.9 Å². The van der Waals surface area contributed by atoms with Gasteiger partial charge in [-0.3, -0.25) is 9.59 Å².